The molecule has 0 atom stereocenters. The minimum Gasteiger partial charge on any atom is -0.337 e. The van der Waals surface area contributed by atoms with Gasteiger partial charge in [-0.3, -0.25) is 0 Å². The highest BCUT2D eigenvalue weighted by Crippen LogP contribution is 2.29. The Morgan fingerprint density at radius 2 is 1.82 bits per heavy atom. The first-order valence-electron chi connectivity index (χ1n) is 4.59. The zero-order chi connectivity index (χ0) is 12.4. The Hall–Kier alpha value is -0.460. The van der Waals surface area contributed by atoms with E-state index in [1.165, 1.54) is 12.3 Å². The smallest absolute Gasteiger partial charge is 0.166 e. The molecule has 0 unspecified atom stereocenters. The van der Waals surface area contributed by atoms with Gasteiger partial charge < -0.3 is 5.32 Å². The summed E-state index contributed by atoms with van der Waals surface area (Å²) >= 11 is 9.90. The van der Waals surface area contributed by atoms with Crippen LogP contribution in [0, 0.1) is 5.82 Å². The van der Waals surface area contributed by atoms with Gasteiger partial charge in [-0.25, -0.2) is 9.37 Å². The van der Waals surface area contributed by atoms with E-state index in [4.69, 9.17) is 0 Å². The van der Waals surface area contributed by atoms with E-state index in [9.17, 15) is 4.39 Å². The second-order valence-electron chi connectivity index (χ2n) is 3.23. The third kappa shape index (κ3) is 3.26. The molecule has 0 amide bonds. The Kier molecular flexibility index (Phi) is 4.17. The second kappa shape index (κ2) is 5.46. The first-order chi connectivity index (χ1) is 8.06. The van der Waals surface area contributed by atoms with Crippen molar-refractivity contribution in [3.63, 3.8) is 0 Å². The molecule has 0 spiro atoms. The zero-order valence-corrected chi connectivity index (χ0v) is 13.1. The number of halogens is 4. The van der Waals surface area contributed by atoms with Gasteiger partial charge in [0.15, 0.2) is 11.6 Å². The summed E-state index contributed by atoms with van der Waals surface area (Å²) in [7, 11) is 0. The largest absolute Gasteiger partial charge is 0.337 e. The monoisotopic (exact) mass is 422 g/mol. The number of aromatic nitrogens is 1. The minimum absolute atomic E-state index is 0.191. The van der Waals surface area contributed by atoms with Crippen molar-refractivity contribution in [2.45, 2.75) is 0 Å². The molecule has 0 radical (unpaired) electrons. The van der Waals surface area contributed by atoms with Crippen molar-refractivity contribution in [1.82, 2.24) is 4.98 Å². The fourth-order valence-corrected chi connectivity index (χ4v) is 2.67. The number of benzene rings is 1. The average Bonchev–Trinajstić information content (AvgIpc) is 2.25. The Labute approximate surface area is 123 Å². The highest BCUT2D eigenvalue weighted by Gasteiger charge is 2.07. The number of anilines is 2. The molecule has 17 heavy (non-hydrogen) atoms. The van der Waals surface area contributed by atoms with Crippen molar-refractivity contribution in [3.05, 3.63) is 49.7 Å². The van der Waals surface area contributed by atoms with Gasteiger partial charge >= 0.3 is 0 Å². The lowest BCUT2D eigenvalue weighted by Crippen LogP contribution is -1.97. The van der Waals surface area contributed by atoms with Gasteiger partial charge in [-0.2, -0.15) is 0 Å². The SMILES string of the molecule is Fc1cc(Br)cnc1Nc1ccc(Br)cc1Br. The highest BCUT2D eigenvalue weighted by molar-refractivity contribution is 9.11. The maximum absolute atomic E-state index is 13.6. The van der Waals surface area contributed by atoms with Crippen molar-refractivity contribution in [3.8, 4) is 0 Å². The summed E-state index contributed by atoms with van der Waals surface area (Å²) in [6.45, 7) is 0. The minimum atomic E-state index is -0.408. The van der Waals surface area contributed by atoms with E-state index in [0.717, 1.165) is 14.6 Å². The van der Waals surface area contributed by atoms with Crippen LogP contribution in [0.15, 0.2) is 43.9 Å². The quantitative estimate of drug-likeness (QED) is 0.712. The molecule has 1 heterocycles. The van der Waals surface area contributed by atoms with E-state index >= 15 is 0 Å². The molecular weight excluding hydrogens is 419 g/mol. The van der Waals surface area contributed by atoms with Gasteiger partial charge in [0.1, 0.15) is 0 Å². The molecule has 2 rings (SSSR count). The molecule has 6 heteroatoms. The lowest BCUT2D eigenvalue weighted by atomic mass is 10.3. The molecule has 1 N–H and O–H groups in total. The standard InChI is InChI=1S/C11H6Br3FN2/c12-6-1-2-10(8(14)3-6)17-11-9(15)4-7(13)5-16-11/h1-5H,(H,16,17). The maximum atomic E-state index is 13.6. The van der Waals surface area contributed by atoms with Crippen LogP contribution in [0.25, 0.3) is 0 Å². The van der Waals surface area contributed by atoms with Crippen molar-refractivity contribution in [2.24, 2.45) is 0 Å². The van der Waals surface area contributed by atoms with E-state index in [1.54, 1.807) is 0 Å². The van der Waals surface area contributed by atoms with E-state index in [2.05, 4.69) is 58.1 Å². The summed E-state index contributed by atoms with van der Waals surface area (Å²) in [5.41, 5.74) is 0.752. The first-order valence-corrected chi connectivity index (χ1v) is 6.97. The Balaban J connectivity index is 2.31. The van der Waals surface area contributed by atoms with Crippen LogP contribution >= 0.6 is 47.8 Å². The molecule has 2 aromatic rings. The second-order valence-corrected chi connectivity index (χ2v) is 5.92. The number of rotatable bonds is 2. The fraction of sp³-hybridized carbons (Fsp3) is 0. The zero-order valence-electron chi connectivity index (χ0n) is 8.35. The molecule has 0 saturated carbocycles. The Morgan fingerprint density at radius 3 is 2.47 bits per heavy atom. The van der Waals surface area contributed by atoms with Crippen molar-refractivity contribution >= 4 is 59.3 Å². The average molecular weight is 425 g/mol. The van der Waals surface area contributed by atoms with E-state index in [1.807, 2.05) is 18.2 Å². The molecule has 88 valence electrons. The van der Waals surface area contributed by atoms with Crippen molar-refractivity contribution in [1.29, 1.82) is 0 Å². The third-order valence-electron chi connectivity index (χ3n) is 1.99. The molecule has 0 fully saturated rings. The summed E-state index contributed by atoms with van der Waals surface area (Å²) in [5, 5.41) is 2.92. The van der Waals surface area contributed by atoms with Crippen molar-refractivity contribution < 1.29 is 4.39 Å². The third-order valence-corrected chi connectivity index (χ3v) is 3.58. The van der Waals surface area contributed by atoms with E-state index in [-0.39, 0.29) is 5.82 Å². The van der Waals surface area contributed by atoms with Gasteiger partial charge in [-0.1, -0.05) is 15.9 Å². The molecule has 0 aliphatic carbocycles. The summed E-state index contributed by atoms with van der Waals surface area (Å²) < 4.78 is 15.9. The molecule has 1 aromatic carbocycles. The fourth-order valence-electron chi connectivity index (χ4n) is 1.22. The van der Waals surface area contributed by atoms with Crippen LogP contribution in [0.4, 0.5) is 15.9 Å². The molecular formula is C11H6Br3FN2. The molecule has 1 aromatic heterocycles. The summed E-state index contributed by atoms with van der Waals surface area (Å²) in [6.07, 6.45) is 1.54. The maximum Gasteiger partial charge on any atom is 0.166 e. The van der Waals surface area contributed by atoms with Gasteiger partial charge in [-0.15, -0.1) is 0 Å². The molecule has 0 bridgehead atoms. The molecule has 0 aliphatic heterocycles. The van der Waals surface area contributed by atoms with E-state index in [0.29, 0.717) is 4.47 Å². The number of pyridine rings is 1. The van der Waals surface area contributed by atoms with Crippen LogP contribution in [0.3, 0.4) is 0 Å². The van der Waals surface area contributed by atoms with Gasteiger partial charge in [-0.05, 0) is 56.1 Å². The predicted molar refractivity (Wildman–Crippen MR) is 77.0 cm³/mol. The number of hydrogen-bond donors (Lipinski definition) is 1. The normalized spacial score (nSPS) is 10.4. The highest BCUT2D eigenvalue weighted by atomic mass is 79.9. The van der Waals surface area contributed by atoms with E-state index < -0.39 is 5.82 Å². The van der Waals surface area contributed by atoms with Crippen molar-refractivity contribution in [2.75, 3.05) is 5.32 Å². The van der Waals surface area contributed by atoms with Crippen LogP contribution in [-0.4, -0.2) is 4.98 Å². The number of hydrogen-bond acceptors (Lipinski definition) is 2. The summed E-state index contributed by atoms with van der Waals surface area (Å²) in [4.78, 5) is 3.97. The van der Waals surface area contributed by atoms with Gasteiger partial charge in [0.25, 0.3) is 0 Å². The number of nitrogens with one attached hydrogen (secondary N) is 1. The lowest BCUT2D eigenvalue weighted by molar-refractivity contribution is 0.625. The van der Waals surface area contributed by atoms with Crippen LogP contribution < -0.4 is 5.32 Å². The van der Waals surface area contributed by atoms with Gasteiger partial charge in [0.05, 0.1) is 5.69 Å². The Morgan fingerprint density at radius 1 is 1.06 bits per heavy atom. The molecule has 2 nitrogen and oxygen atoms in total. The predicted octanol–water partition coefficient (Wildman–Crippen LogP) is 5.25. The number of nitrogens with zero attached hydrogens (tertiary/aromatic N) is 1. The molecule has 0 aliphatic rings. The van der Waals surface area contributed by atoms with Gasteiger partial charge in [0.2, 0.25) is 0 Å². The van der Waals surface area contributed by atoms with Crippen LogP contribution in [0.5, 0.6) is 0 Å². The first kappa shape index (κ1) is 13.0. The van der Waals surface area contributed by atoms with Crippen LogP contribution in [-0.2, 0) is 0 Å². The topological polar surface area (TPSA) is 24.9 Å². The van der Waals surface area contributed by atoms with Crippen LogP contribution in [0.2, 0.25) is 0 Å². The molecule has 0 saturated heterocycles. The summed E-state index contributed by atoms with van der Waals surface area (Å²) in [5.74, 6) is -0.217. The Bertz CT molecular complexity index is 511. The van der Waals surface area contributed by atoms with Gasteiger partial charge in [0, 0.05) is 19.6 Å². The summed E-state index contributed by atoms with van der Waals surface area (Å²) in [6, 6.07) is 6.93. The lowest BCUT2D eigenvalue weighted by Gasteiger charge is -2.09. The van der Waals surface area contributed by atoms with Crippen LogP contribution in [0.1, 0.15) is 0 Å².